The molecule has 1 N–H and O–H groups in total. The molecular weight excluding hydrogens is 304 g/mol. The van der Waals surface area contributed by atoms with Crippen molar-refractivity contribution in [3.05, 3.63) is 18.2 Å². The molecule has 6 nitrogen and oxygen atoms in total. The van der Waals surface area contributed by atoms with Crippen LogP contribution in [0.3, 0.4) is 0 Å². The van der Waals surface area contributed by atoms with E-state index in [-0.39, 0.29) is 0 Å². The molecule has 0 spiro atoms. The molecule has 2 atom stereocenters. The normalized spacial score (nSPS) is 15.3. The molecule has 0 saturated carbocycles. The van der Waals surface area contributed by atoms with E-state index in [1.54, 1.807) is 37.4 Å². The third-order valence-electron chi connectivity index (χ3n) is 3.24. The molecule has 2 rings (SSSR count). The van der Waals surface area contributed by atoms with Crippen molar-refractivity contribution in [1.82, 2.24) is 0 Å². The van der Waals surface area contributed by atoms with Gasteiger partial charge in [0.05, 0.1) is 11.3 Å². The molecule has 0 unspecified atom stereocenters. The highest BCUT2D eigenvalue weighted by Crippen LogP contribution is 2.32. The zero-order valence-electron chi connectivity index (χ0n) is 12.3. The van der Waals surface area contributed by atoms with Gasteiger partial charge in [0.15, 0.2) is 23.2 Å². The lowest BCUT2D eigenvalue weighted by Crippen LogP contribution is -2.33. The monoisotopic (exact) mass is 320 g/mol. The minimum Gasteiger partial charge on any atom is -0.486 e. The summed E-state index contributed by atoms with van der Waals surface area (Å²) in [6.45, 7) is 2.60. The Labute approximate surface area is 132 Å². The third-order valence-corrected chi connectivity index (χ3v) is 4.18. The fraction of sp³-hybridized carbons (Fsp3) is 0.400. The van der Waals surface area contributed by atoms with Gasteiger partial charge in [-0.1, -0.05) is 0 Å². The number of ether oxygens (including phenoxy) is 2. The average Bonchev–Trinajstić information content (AvgIpc) is 2.54. The predicted octanol–water partition coefficient (Wildman–Crippen LogP) is 1.86. The maximum absolute atomic E-state index is 12.1. The minimum absolute atomic E-state index is 0.398. The number of carbonyl (C=O) groups excluding carboxylic acids is 2. The van der Waals surface area contributed by atoms with Crippen molar-refractivity contribution in [3.63, 3.8) is 0 Å². The van der Waals surface area contributed by atoms with Gasteiger partial charge in [0.25, 0.3) is 0 Å². The smallest absolute Gasteiger partial charge is 0.249 e. The lowest BCUT2D eigenvalue weighted by molar-refractivity contribution is -0.128. The zero-order chi connectivity index (χ0) is 16.1. The lowest BCUT2D eigenvalue weighted by atomic mass is 10.0. The summed E-state index contributed by atoms with van der Waals surface area (Å²) in [4.78, 5) is 24.2. The first kappa shape index (κ1) is 16.2. The predicted molar refractivity (Wildman–Crippen MR) is 83.1 cm³/mol. The number of nitriles is 1. The Balaban J connectivity index is 2.10. The number of ketones is 1. The number of anilines is 1. The fourth-order valence-electron chi connectivity index (χ4n) is 1.94. The molecule has 1 aromatic rings. The first-order valence-corrected chi connectivity index (χ1v) is 8.02. The van der Waals surface area contributed by atoms with Gasteiger partial charge in [-0.15, -0.1) is 0 Å². The molecule has 1 aromatic carbocycles. The largest absolute Gasteiger partial charge is 0.486 e. The van der Waals surface area contributed by atoms with Crippen LogP contribution in [0.15, 0.2) is 18.2 Å². The van der Waals surface area contributed by atoms with Crippen molar-refractivity contribution in [2.75, 3.05) is 24.8 Å². The Bertz CT molecular complexity index is 626. The Morgan fingerprint density at radius 1 is 1.32 bits per heavy atom. The molecule has 0 aliphatic carbocycles. The van der Waals surface area contributed by atoms with E-state index in [2.05, 4.69) is 5.32 Å². The van der Waals surface area contributed by atoms with Crippen LogP contribution in [0, 0.1) is 17.2 Å². The Morgan fingerprint density at radius 3 is 2.64 bits per heavy atom. The van der Waals surface area contributed by atoms with Crippen LogP contribution < -0.4 is 14.8 Å². The number of Topliss-reactive ketones (excluding diaryl/α,β-unsaturated/α-hetero) is 1. The number of nitrogens with one attached hydrogen (secondary N) is 1. The van der Waals surface area contributed by atoms with Crippen LogP contribution in [0.1, 0.15) is 6.92 Å². The molecule has 0 radical (unpaired) electrons. The number of amides is 1. The number of hydrogen-bond acceptors (Lipinski definition) is 6. The molecule has 1 aliphatic heterocycles. The van der Waals surface area contributed by atoms with Crippen LogP contribution in [0.25, 0.3) is 0 Å². The van der Waals surface area contributed by atoms with Gasteiger partial charge >= 0.3 is 0 Å². The summed E-state index contributed by atoms with van der Waals surface area (Å²) in [5.41, 5.74) is 0.458. The van der Waals surface area contributed by atoms with E-state index >= 15 is 0 Å². The molecule has 1 aliphatic rings. The SMILES string of the molecule is CS[C@@H](C)C(=O)[C@@H](C#N)C(=O)Nc1ccc2c(c1)OCCO2. The van der Waals surface area contributed by atoms with E-state index in [0.717, 1.165) is 0 Å². The standard InChI is InChI=1S/C15H16N2O4S/c1-9(22-2)14(18)11(8-16)15(19)17-10-3-4-12-13(7-10)21-6-5-20-12/h3-4,7,9,11H,5-6H2,1-2H3,(H,17,19)/t9-,11+/m0/s1. The summed E-state index contributed by atoms with van der Waals surface area (Å²) in [5, 5.41) is 11.3. The van der Waals surface area contributed by atoms with Crippen LogP contribution in [-0.2, 0) is 9.59 Å². The fourth-order valence-corrected chi connectivity index (χ4v) is 2.31. The molecule has 0 aromatic heterocycles. The molecular formula is C15H16N2O4S. The van der Waals surface area contributed by atoms with E-state index in [4.69, 9.17) is 14.7 Å². The Hall–Kier alpha value is -2.20. The van der Waals surface area contributed by atoms with Crippen molar-refractivity contribution in [2.45, 2.75) is 12.2 Å². The van der Waals surface area contributed by atoms with Gasteiger partial charge < -0.3 is 14.8 Å². The van der Waals surface area contributed by atoms with Crippen LogP contribution in [0.2, 0.25) is 0 Å². The summed E-state index contributed by atoms with van der Waals surface area (Å²) in [6.07, 6.45) is 1.76. The number of thioether (sulfide) groups is 1. The number of rotatable bonds is 5. The highest BCUT2D eigenvalue weighted by molar-refractivity contribution is 7.99. The zero-order valence-corrected chi connectivity index (χ0v) is 13.1. The van der Waals surface area contributed by atoms with E-state index in [1.807, 2.05) is 0 Å². The summed E-state index contributed by atoms with van der Waals surface area (Å²) in [5.74, 6) is -1.22. The molecule has 0 saturated heterocycles. The van der Waals surface area contributed by atoms with Gasteiger partial charge in [0.2, 0.25) is 5.91 Å². The van der Waals surface area contributed by atoms with E-state index < -0.39 is 22.9 Å². The molecule has 22 heavy (non-hydrogen) atoms. The molecule has 0 bridgehead atoms. The molecule has 1 amide bonds. The number of benzene rings is 1. The second kappa shape index (κ2) is 7.18. The Kier molecular flexibility index (Phi) is 5.28. The quantitative estimate of drug-likeness (QED) is 0.833. The average molecular weight is 320 g/mol. The maximum atomic E-state index is 12.1. The Morgan fingerprint density at radius 2 is 2.00 bits per heavy atom. The number of fused-ring (bicyclic) bond motifs is 1. The van der Waals surface area contributed by atoms with Crippen molar-refractivity contribution in [3.8, 4) is 17.6 Å². The van der Waals surface area contributed by atoms with Crippen molar-refractivity contribution in [1.29, 1.82) is 5.26 Å². The van der Waals surface area contributed by atoms with Crippen LogP contribution in [0.4, 0.5) is 5.69 Å². The van der Waals surface area contributed by atoms with Crippen LogP contribution in [0.5, 0.6) is 11.5 Å². The summed E-state index contributed by atoms with van der Waals surface area (Å²) in [6, 6.07) is 6.70. The van der Waals surface area contributed by atoms with Gasteiger partial charge in [0, 0.05) is 11.8 Å². The first-order chi connectivity index (χ1) is 10.6. The van der Waals surface area contributed by atoms with Crippen molar-refractivity contribution in [2.24, 2.45) is 5.92 Å². The summed E-state index contributed by atoms with van der Waals surface area (Å²) >= 11 is 1.30. The molecule has 116 valence electrons. The van der Waals surface area contributed by atoms with Crippen molar-refractivity contribution >= 4 is 29.1 Å². The second-order valence-electron chi connectivity index (χ2n) is 4.69. The van der Waals surface area contributed by atoms with E-state index in [0.29, 0.717) is 30.4 Å². The van der Waals surface area contributed by atoms with Gasteiger partial charge in [-0.3, -0.25) is 9.59 Å². The van der Waals surface area contributed by atoms with Crippen LogP contribution >= 0.6 is 11.8 Å². The van der Waals surface area contributed by atoms with Gasteiger partial charge in [-0.25, -0.2) is 0 Å². The van der Waals surface area contributed by atoms with E-state index in [9.17, 15) is 9.59 Å². The topological polar surface area (TPSA) is 88.4 Å². The number of hydrogen-bond donors (Lipinski definition) is 1. The van der Waals surface area contributed by atoms with Gasteiger partial charge in [-0.05, 0) is 25.3 Å². The van der Waals surface area contributed by atoms with Gasteiger partial charge in [-0.2, -0.15) is 17.0 Å². The minimum atomic E-state index is -1.32. The van der Waals surface area contributed by atoms with Crippen LogP contribution in [-0.4, -0.2) is 36.4 Å². The molecule has 1 heterocycles. The highest BCUT2D eigenvalue weighted by Gasteiger charge is 2.30. The third kappa shape index (κ3) is 3.52. The molecule has 7 heteroatoms. The maximum Gasteiger partial charge on any atom is 0.249 e. The van der Waals surface area contributed by atoms with Crippen molar-refractivity contribution < 1.29 is 19.1 Å². The molecule has 0 fully saturated rings. The highest BCUT2D eigenvalue weighted by atomic mass is 32.2. The van der Waals surface area contributed by atoms with Gasteiger partial charge in [0.1, 0.15) is 13.2 Å². The number of carbonyl (C=O) groups is 2. The number of nitrogens with zero attached hydrogens (tertiary/aromatic N) is 1. The lowest BCUT2D eigenvalue weighted by Gasteiger charge is -2.19. The summed E-state index contributed by atoms with van der Waals surface area (Å²) < 4.78 is 10.8. The summed E-state index contributed by atoms with van der Waals surface area (Å²) in [7, 11) is 0. The second-order valence-corrected chi connectivity index (χ2v) is 5.87. The first-order valence-electron chi connectivity index (χ1n) is 6.73. The van der Waals surface area contributed by atoms with E-state index in [1.165, 1.54) is 11.8 Å².